The van der Waals surface area contributed by atoms with E-state index in [-0.39, 0.29) is 11.8 Å². The zero-order valence-corrected chi connectivity index (χ0v) is 18.7. The van der Waals surface area contributed by atoms with E-state index in [0.717, 1.165) is 6.07 Å². The van der Waals surface area contributed by atoms with Crippen molar-refractivity contribution in [1.82, 2.24) is 24.8 Å². The summed E-state index contributed by atoms with van der Waals surface area (Å²) in [7, 11) is 2.70. The number of nitrogens with one attached hydrogen (secondary N) is 1. The standard InChI is InChI=1S/C20H21F3N6O3S/c1-31-14-4-3-12(9-13(14)20(21,22)23)10-28-5-7-29(8-6-28)19(30)27-18-26-15-16(32-2)24-11-25-17(15)33-18/h3-4,9,11H,5-8,10H2,1-2H3,(H,26,27,30). The number of rotatable bonds is 5. The van der Waals surface area contributed by atoms with E-state index in [4.69, 9.17) is 9.47 Å². The molecule has 3 aromatic rings. The number of fused-ring (bicyclic) bond motifs is 1. The van der Waals surface area contributed by atoms with Crippen LogP contribution in [0.2, 0.25) is 0 Å². The molecule has 1 N–H and O–H groups in total. The minimum Gasteiger partial charge on any atom is -0.496 e. The molecular weight excluding hydrogens is 461 g/mol. The molecule has 3 heterocycles. The number of piperazine rings is 1. The van der Waals surface area contributed by atoms with Crippen molar-refractivity contribution in [3.63, 3.8) is 0 Å². The Morgan fingerprint density at radius 3 is 2.58 bits per heavy atom. The van der Waals surface area contributed by atoms with E-state index in [1.807, 2.05) is 4.90 Å². The number of ether oxygens (including phenoxy) is 2. The molecule has 0 radical (unpaired) electrons. The summed E-state index contributed by atoms with van der Waals surface area (Å²) in [6.07, 6.45) is -3.13. The molecule has 1 aliphatic rings. The SMILES string of the molecule is COc1ccc(CN2CCN(C(=O)Nc3nc4c(OC)ncnc4s3)CC2)cc1C(F)(F)F. The summed E-state index contributed by atoms with van der Waals surface area (Å²) < 4.78 is 49.8. The Labute approximate surface area is 191 Å². The molecule has 4 rings (SSSR count). The van der Waals surface area contributed by atoms with Crippen molar-refractivity contribution in [2.45, 2.75) is 12.7 Å². The lowest BCUT2D eigenvalue weighted by atomic mass is 10.1. The normalized spacial score (nSPS) is 15.0. The third-order valence-corrected chi connectivity index (χ3v) is 6.08. The van der Waals surface area contributed by atoms with Gasteiger partial charge in [0.1, 0.15) is 12.1 Å². The van der Waals surface area contributed by atoms with E-state index in [9.17, 15) is 18.0 Å². The molecule has 2 amide bonds. The van der Waals surface area contributed by atoms with Crippen LogP contribution in [-0.4, -0.2) is 71.2 Å². The molecule has 1 aliphatic heterocycles. The van der Waals surface area contributed by atoms with Crippen molar-refractivity contribution in [2.75, 3.05) is 45.7 Å². The topological polar surface area (TPSA) is 92.7 Å². The first kappa shape index (κ1) is 23.0. The molecule has 9 nitrogen and oxygen atoms in total. The summed E-state index contributed by atoms with van der Waals surface area (Å²) in [6, 6.07) is 3.77. The van der Waals surface area contributed by atoms with Crippen LogP contribution < -0.4 is 14.8 Å². The number of hydrogen-bond donors (Lipinski definition) is 1. The second-order valence-corrected chi connectivity index (χ2v) is 8.26. The van der Waals surface area contributed by atoms with Gasteiger partial charge in [0.05, 0.1) is 19.8 Å². The van der Waals surface area contributed by atoms with Crippen LogP contribution in [0.3, 0.4) is 0 Å². The minimum absolute atomic E-state index is 0.203. The van der Waals surface area contributed by atoms with E-state index in [1.165, 1.54) is 38.0 Å². The number of nitrogens with zero attached hydrogens (tertiary/aromatic N) is 5. The van der Waals surface area contributed by atoms with Crippen molar-refractivity contribution in [1.29, 1.82) is 0 Å². The zero-order chi connectivity index (χ0) is 23.6. The average Bonchev–Trinajstić information content (AvgIpc) is 3.21. The second-order valence-electron chi connectivity index (χ2n) is 7.28. The van der Waals surface area contributed by atoms with E-state index in [0.29, 0.717) is 59.6 Å². The Morgan fingerprint density at radius 2 is 1.91 bits per heavy atom. The predicted octanol–water partition coefficient (Wildman–Crippen LogP) is 3.47. The maximum atomic E-state index is 13.3. The molecule has 0 atom stereocenters. The van der Waals surface area contributed by atoms with Gasteiger partial charge in [0.2, 0.25) is 5.88 Å². The molecule has 1 fully saturated rings. The van der Waals surface area contributed by atoms with Gasteiger partial charge in [-0.25, -0.2) is 14.8 Å². The Morgan fingerprint density at radius 1 is 1.15 bits per heavy atom. The van der Waals surface area contributed by atoms with Gasteiger partial charge in [-0.15, -0.1) is 0 Å². The van der Waals surface area contributed by atoms with Gasteiger partial charge in [-0.05, 0) is 17.7 Å². The number of urea groups is 1. The zero-order valence-electron chi connectivity index (χ0n) is 17.8. The highest BCUT2D eigenvalue weighted by atomic mass is 32.1. The lowest BCUT2D eigenvalue weighted by Gasteiger charge is -2.34. The number of thiazole rings is 1. The highest BCUT2D eigenvalue weighted by Gasteiger charge is 2.34. The number of methoxy groups -OCH3 is 2. The van der Waals surface area contributed by atoms with E-state index in [1.54, 1.807) is 11.0 Å². The molecule has 1 aromatic carbocycles. The Bertz CT molecular complexity index is 1150. The predicted molar refractivity (Wildman–Crippen MR) is 116 cm³/mol. The smallest absolute Gasteiger partial charge is 0.419 e. The van der Waals surface area contributed by atoms with Gasteiger partial charge < -0.3 is 14.4 Å². The number of benzene rings is 1. The molecule has 176 valence electrons. The molecule has 0 spiro atoms. The fraction of sp³-hybridized carbons (Fsp3) is 0.400. The number of aromatic nitrogens is 3. The molecule has 0 aliphatic carbocycles. The fourth-order valence-electron chi connectivity index (χ4n) is 3.55. The number of carbonyl (C=O) groups is 1. The van der Waals surface area contributed by atoms with Crippen LogP contribution in [0.1, 0.15) is 11.1 Å². The van der Waals surface area contributed by atoms with Gasteiger partial charge in [0.15, 0.2) is 15.5 Å². The molecule has 0 bridgehead atoms. The average molecular weight is 482 g/mol. The minimum atomic E-state index is -4.49. The number of amides is 2. The van der Waals surface area contributed by atoms with Crippen molar-refractivity contribution in [3.8, 4) is 11.6 Å². The first-order valence-corrected chi connectivity index (χ1v) is 10.8. The highest BCUT2D eigenvalue weighted by Crippen LogP contribution is 2.37. The lowest BCUT2D eigenvalue weighted by Crippen LogP contribution is -2.49. The Kier molecular flexibility index (Phi) is 6.51. The van der Waals surface area contributed by atoms with Gasteiger partial charge in [-0.2, -0.15) is 18.2 Å². The Balaban J connectivity index is 1.35. The monoisotopic (exact) mass is 482 g/mol. The molecule has 1 saturated heterocycles. The number of halogens is 3. The summed E-state index contributed by atoms with van der Waals surface area (Å²) in [5.74, 6) is 0.128. The van der Waals surface area contributed by atoms with Crippen molar-refractivity contribution < 1.29 is 27.4 Å². The van der Waals surface area contributed by atoms with Gasteiger partial charge in [-0.3, -0.25) is 10.2 Å². The van der Waals surface area contributed by atoms with Crippen LogP contribution in [0.4, 0.5) is 23.1 Å². The van der Waals surface area contributed by atoms with Crippen LogP contribution in [0.5, 0.6) is 11.6 Å². The van der Waals surface area contributed by atoms with Gasteiger partial charge in [0.25, 0.3) is 0 Å². The summed E-state index contributed by atoms with van der Waals surface area (Å²) >= 11 is 1.21. The largest absolute Gasteiger partial charge is 0.496 e. The van der Waals surface area contributed by atoms with Crippen LogP contribution >= 0.6 is 11.3 Å². The van der Waals surface area contributed by atoms with Crippen molar-refractivity contribution >= 4 is 32.8 Å². The number of carbonyl (C=O) groups excluding carboxylic acids is 1. The van der Waals surface area contributed by atoms with Gasteiger partial charge in [0, 0.05) is 32.7 Å². The molecule has 33 heavy (non-hydrogen) atoms. The number of alkyl halides is 3. The van der Waals surface area contributed by atoms with Gasteiger partial charge in [-0.1, -0.05) is 17.4 Å². The summed E-state index contributed by atoms with van der Waals surface area (Å²) in [5.41, 5.74) is 0.214. The molecular formula is C20H21F3N6O3S. The van der Waals surface area contributed by atoms with Crippen LogP contribution in [0, 0.1) is 0 Å². The fourth-order valence-corrected chi connectivity index (χ4v) is 4.34. The van der Waals surface area contributed by atoms with E-state index in [2.05, 4.69) is 20.3 Å². The highest BCUT2D eigenvalue weighted by molar-refractivity contribution is 7.22. The van der Waals surface area contributed by atoms with E-state index >= 15 is 0 Å². The van der Waals surface area contributed by atoms with Crippen LogP contribution in [0.25, 0.3) is 10.3 Å². The second kappa shape index (κ2) is 9.35. The van der Waals surface area contributed by atoms with Crippen LogP contribution in [-0.2, 0) is 12.7 Å². The number of hydrogen-bond acceptors (Lipinski definition) is 8. The third-order valence-electron chi connectivity index (χ3n) is 5.20. The maximum absolute atomic E-state index is 13.3. The summed E-state index contributed by atoms with van der Waals surface area (Å²) in [6.45, 7) is 2.27. The molecule has 0 unspecified atom stereocenters. The molecule has 13 heteroatoms. The maximum Gasteiger partial charge on any atom is 0.419 e. The molecule has 2 aromatic heterocycles. The Hall–Kier alpha value is -3.19. The quantitative estimate of drug-likeness (QED) is 0.595. The third kappa shape index (κ3) is 5.09. The van der Waals surface area contributed by atoms with E-state index < -0.39 is 11.7 Å². The summed E-state index contributed by atoms with van der Waals surface area (Å²) in [4.78, 5) is 29.3. The first-order valence-electron chi connectivity index (χ1n) is 9.96. The lowest BCUT2D eigenvalue weighted by molar-refractivity contribution is -0.138. The number of anilines is 1. The van der Waals surface area contributed by atoms with Crippen molar-refractivity contribution in [3.05, 3.63) is 35.7 Å². The molecule has 0 saturated carbocycles. The first-order chi connectivity index (χ1) is 15.8. The van der Waals surface area contributed by atoms with Crippen molar-refractivity contribution in [2.24, 2.45) is 0 Å². The summed E-state index contributed by atoms with van der Waals surface area (Å²) in [5, 5.41) is 3.15. The van der Waals surface area contributed by atoms with Gasteiger partial charge >= 0.3 is 12.2 Å². The van der Waals surface area contributed by atoms with Crippen LogP contribution in [0.15, 0.2) is 24.5 Å².